The molecule has 0 fully saturated rings. The first-order chi connectivity index (χ1) is 10.2. The molecule has 2 rings (SSSR count). The fourth-order valence-electron chi connectivity index (χ4n) is 1.09. The molecule has 0 amide bonds. The third-order valence-electron chi connectivity index (χ3n) is 2.25. The maximum absolute atomic E-state index is 9.10. The van der Waals surface area contributed by atoms with Gasteiger partial charge in [-0.1, -0.05) is 35.4 Å². The maximum Gasteiger partial charge on any atom is 0.414 e. The first-order valence-electron chi connectivity index (χ1n) is 6.20. The Morgan fingerprint density at radius 1 is 0.636 bits per heavy atom. The summed E-state index contributed by atoms with van der Waals surface area (Å²) in [6, 6.07) is 14.2. The zero-order chi connectivity index (χ0) is 17.1. The Kier molecular flexibility index (Phi) is 8.47. The molecule has 0 spiro atoms. The number of benzene rings is 2. The van der Waals surface area contributed by atoms with Crippen molar-refractivity contribution in [1.29, 1.82) is 0 Å². The SMILES string of the molecule is Cc1ccc(O)cc1.Cc1ccc(O)cc1.O=C(O)C(=O)O. The van der Waals surface area contributed by atoms with Crippen molar-refractivity contribution in [3.05, 3.63) is 59.7 Å². The van der Waals surface area contributed by atoms with Gasteiger partial charge in [0.1, 0.15) is 11.5 Å². The lowest BCUT2D eigenvalue weighted by Gasteiger charge is -1.89. The summed E-state index contributed by atoms with van der Waals surface area (Å²) < 4.78 is 0. The number of aliphatic carboxylic acids is 2. The minimum Gasteiger partial charge on any atom is -0.508 e. The van der Waals surface area contributed by atoms with Crippen LogP contribution in [0, 0.1) is 13.8 Å². The van der Waals surface area contributed by atoms with Gasteiger partial charge in [-0.3, -0.25) is 0 Å². The molecule has 6 nitrogen and oxygen atoms in total. The number of rotatable bonds is 0. The van der Waals surface area contributed by atoms with E-state index < -0.39 is 11.9 Å². The van der Waals surface area contributed by atoms with E-state index in [1.54, 1.807) is 24.3 Å². The van der Waals surface area contributed by atoms with Crippen molar-refractivity contribution >= 4 is 11.9 Å². The van der Waals surface area contributed by atoms with Gasteiger partial charge in [-0.2, -0.15) is 0 Å². The fraction of sp³-hybridized carbons (Fsp3) is 0.125. The summed E-state index contributed by atoms with van der Waals surface area (Å²) in [6.45, 7) is 3.97. The van der Waals surface area contributed by atoms with Crippen LogP contribution >= 0.6 is 0 Å². The highest BCUT2D eigenvalue weighted by Crippen LogP contribution is 2.08. The van der Waals surface area contributed by atoms with Gasteiger partial charge < -0.3 is 20.4 Å². The van der Waals surface area contributed by atoms with Crippen LogP contribution in [0.3, 0.4) is 0 Å². The first-order valence-corrected chi connectivity index (χ1v) is 6.20. The number of carboxylic acids is 2. The zero-order valence-electron chi connectivity index (χ0n) is 12.2. The molecule has 0 bridgehead atoms. The molecule has 118 valence electrons. The molecule has 0 saturated heterocycles. The normalized spacial score (nSPS) is 8.64. The second-order valence-corrected chi connectivity index (χ2v) is 4.28. The molecule has 2 aromatic rings. The summed E-state index contributed by atoms with van der Waals surface area (Å²) in [5.41, 5.74) is 2.34. The smallest absolute Gasteiger partial charge is 0.414 e. The van der Waals surface area contributed by atoms with Crippen LogP contribution in [0.15, 0.2) is 48.5 Å². The van der Waals surface area contributed by atoms with E-state index in [0.717, 1.165) is 0 Å². The van der Waals surface area contributed by atoms with Crippen LogP contribution in [0.25, 0.3) is 0 Å². The lowest BCUT2D eigenvalue weighted by Crippen LogP contribution is -2.09. The average molecular weight is 306 g/mol. The van der Waals surface area contributed by atoms with E-state index in [1.807, 2.05) is 38.1 Å². The van der Waals surface area contributed by atoms with Crippen LogP contribution in [-0.4, -0.2) is 32.4 Å². The van der Waals surface area contributed by atoms with Gasteiger partial charge in [-0.05, 0) is 38.1 Å². The Morgan fingerprint density at radius 3 is 1.00 bits per heavy atom. The van der Waals surface area contributed by atoms with Crippen molar-refractivity contribution in [3.8, 4) is 11.5 Å². The summed E-state index contributed by atoms with van der Waals surface area (Å²) in [5.74, 6) is -2.99. The quantitative estimate of drug-likeness (QED) is 0.556. The van der Waals surface area contributed by atoms with Gasteiger partial charge in [-0.25, -0.2) is 9.59 Å². The average Bonchev–Trinajstić information content (AvgIpc) is 2.46. The number of carboxylic acid groups (broad SMARTS) is 2. The molecule has 0 aliphatic rings. The number of carbonyl (C=O) groups is 2. The topological polar surface area (TPSA) is 115 Å². The highest BCUT2D eigenvalue weighted by molar-refractivity contribution is 6.27. The predicted molar refractivity (Wildman–Crippen MR) is 81.0 cm³/mol. The van der Waals surface area contributed by atoms with Crippen molar-refractivity contribution in [2.75, 3.05) is 0 Å². The van der Waals surface area contributed by atoms with E-state index in [2.05, 4.69) is 0 Å². The number of phenols is 2. The molecule has 0 saturated carbocycles. The molecular weight excluding hydrogens is 288 g/mol. The van der Waals surface area contributed by atoms with Crippen molar-refractivity contribution in [3.63, 3.8) is 0 Å². The molecule has 6 heteroatoms. The summed E-state index contributed by atoms with van der Waals surface area (Å²) in [6.07, 6.45) is 0. The van der Waals surface area contributed by atoms with Gasteiger partial charge in [0.2, 0.25) is 0 Å². The first kappa shape index (κ1) is 19.0. The van der Waals surface area contributed by atoms with Crippen LogP contribution in [0.5, 0.6) is 11.5 Å². The Labute approximate surface area is 127 Å². The van der Waals surface area contributed by atoms with Crippen molar-refractivity contribution in [2.24, 2.45) is 0 Å². The standard InChI is InChI=1S/2C7H8O.C2H2O4/c2*1-6-2-4-7(8)5-3-6;3-1(4)2(5)6/h2*2-5,8H,1H3;(H,3,4)(H,5,6). The molecule has 0 aliphatic carbocycles. The third-order valence-corrected chi connectivity index (χ3v) is 2.25. The number of hydrogen-bond acceptors (Lipinski definition) is 4. The van der Waals surface area contributed by atoms with E-state index in [0.29, 0.717) is 11.5 Å². The molecule has 0 unspecified atom stereocenters. The molecule has 0 atom stereocenters. The van der Waals surface area contributed by atoms with Crippen molar-refractivity contribution < 1.29 is 30.0 Å². The molecule has 0 radical (unpaired) electrons. The molecule has 0 aromatic heterocycles. The second-order valence-electron chi connectivity index (χ2n) is 4.28. The fourth-order valence-corrected chi connectivity index (χ4v) is 1.09. The minimum atomic E-state index is -1.82. The second kappa shape index (κ2) is 9.82. The van der Waals surface area contributed by atoms with Crippen LogP contribution in [0.1, 0.15) is 11.1 Å². The molecular formula is C16H18O6. The summed E-state index contributed by atoms with van der Waals surface area (Å²) in [4.78, 5) is 18.2. The van der Waals surface area contributed by atoms with Crippen molar-refractivity contribution in [2.45, 2.75) is 13.8 Å². The van der Waals surface area contributed by atoms with Gasteiger partial charge >= 0.3 is 11.9 Å². The predicted octanol–water partition coefficient (Wildman–Crippen LogP) is 2.56. The number of aromatic hydroxyl groups is 2. The summed E-state index contributed by atoms with van der Waals surface area (Å²) in [5, 5.41) is 32.3. The minimum absolute atomic E-state index is 0.329. The van der Waals surface area contributed by atoms with Gasteiger partial charge in [0.05, 0.1) is 0 Å². The van der Waals surface area contributed by atoms with E-state index in [9.17, 15) is 0 Å². The molecule has 2 aromatic carbocycles. The van der Waals surface area contributed by atoms with Crippen LogP contribution in [0.4, 0.5) is 0 Å². The van der Waals surface area contributed by atoms with E-state index in [4.69, 9.17) is 30.0 Å². The number of phenolic OH excluding ortho intramolecular Hbond substituents is 2. The van der Waals surface area contributed by atoms with Crippen molar-refractivity contribution in [1.82, 2.24) is 0 Å². The number of aryl methyl sites for hydroxylation is 2. The van der Waals surface area contributed by atoms with Crippen LogP contribution in [0.2, 0.25) is 0 Å². The molecule has 4 N–H and O–H groups in total. The maximum atomic E-state index is 9.10. The Morgan fingerprint density at radius 2 is 0.864 bits per heavy atom. The molecule has 22 heavy (non-hydrogen) atoms. The van der Waals surface area contributed by atoms with E-state index in [-0.39, 0.29) is 0 Å². The third kappa shape index (κ3) is 9.85. The highest BCUT2D eigenvalue weighted by atomic mass is 16.4. The molecule has 0 aliphatic heterocycles. The Balaban J connectivity index is 0.000000306. The summed E-state index contributed by atoms with van der Waals surface area (Å²) >= 11 is 0. The molecule has 0 heterocycles. The largest absolute Gasteiger partial charge is 0.508 e. The van der Waals surface area contributed by atoms with Gasteiger partial charge in [-0.15, -0.1) is 0 Å². The Bertz CT molecular complexity index is 490. The van der Waals surface area contributed by atoms with E-state index >= 15 is 0 Å². The zero-order valence-corrected chi connectivity index (χ0v) is 12.2. The van der Waals surface area contributed by atoms with Crippen LogP contribution < -0.4 is 0 Å². The van der Waals surface area contributed by atoms with Crippen LogP contribution in [-0.2, 0) is 9.59 Å². The number of hydrogen-bond donors (Lipinski definition) is 4. The lowest BCUT2D eigenvalue weighted by atomic mass is 10.2. The lowest BCUT2D eigenvalue weighted by molar-refractivity contribution is -0.159. The summed E-state index contributed by atoms with van der Waals surface area (Å²) in [7, 11) is 0. The highest BCUT2D eigenvalue weighted by Gasteiger charge is 2.04. The van der Waals surface area contributed by atoms with Gasteiger partial charge in [0, 0.05) is 0 Å². The monoisotopic (exact) mass is 306 g/mol. The van der Waals surface area contributed by atoms with Gasteiger partial charge in [0.15, 0.2) is 0 Å². The Hall–Kier alpha value is -3.02. The van der Waals surface area contributed by atoms with Gasteiger partial charge in [0.25, 0.3) is 0 Å². The van der Waals surface area contributed by atoms with E-state index in [1.165, 1.54) is 11.1 Å².